The van der Waals surface area contributed by atoms with E-state index >= 15 is 0 Å². The Morgan fingerprint density at radius 1 is 1.50 bits per heavy atom. The fraction of sp³-hybridized carbons (Fsp3) is 0.778. The van der Waals surface area contributed by atoms with Crippen molar-refractivity contribution in [3.63, 3.8) is 0 Å². The molecule has 2 rings (SSSR count). The smallest absolute Gasteiger partial charge is 0.0214 e. The van der Waals surface area contributed by atoms with Crippen LogP contribution >= 0.6 is 0 Å². The zero-order valence-electron chi connectivity index (χ0n) is 6.40. The lowest BCUT2D eigenvalue weighted by atomic mass is 10.1. The topological polar surface area (TPSA) is 12.0 Å². The molecule has 56 valence electrons. The molecule has 0 aromatic carbocycles. The third-order valence-corrected chi connectivity index (χ3v) is 2.75. The van der Waals surface area contributed by atoms with Crippen molar-refractivity contribution in [1.82, 2.24) is 5.32 Å². The summed E-state index contributed by atoms with van der Waals surface area (Å²) in [5.41, 5.74) is 0.591. The van der Waals surface area contributed by atoms with Gasteiger partial charge in [-0.2, -0.15) is 0 Å². The van der Waals surface area contributed by atoms with Crippen molar-refractivity contribution in [2.75, 3.05) is 6.54 Å². The molecule has 2 aliphatic rings. The Morgan fingerprint density at radius 3 is 2.60 bits per heavy atom. The summed E-state index contributed by atoms with van der Waals surface area (Å²) in [6, 6.07) is 0. The van der Waals surface area contributed by atoms with Gasteiger partial charge in [0, 0.05) is 12.1 Å². The van der Waals surface area contributed by atoms with Crippen molar-refractivity contribution in [1.29, 1.82) is 0 Å². The van der Waals surface area contributed by atoms with Crippen molar-refractivity contribution in [3.8, 4) is 0 Å². The van der Waals surface area contributed by atoms with E-state index in [1.807, 2.05) is 6.08 Å². The molecule has 0 saturated heterocycles. The fourth-order valence-electron chi connectivity index (χ4n) is 1.78. The van der Waals surface area contributed by atoms with Crippen LogP contribution in [0.2, 0.25) is 0 Å². The van der Waals surface area contributed by atoms with Gasteiger partial charge in [-0.1, -0.05) is 6.08 Å². The molecule has 1 heteroatoms. The summed E-state index contributed by atoms with van der Waals surface area (Å²) in [4.78, 5) is 0. The second-order valence-corrected chi connectivity index (χ2v) is 3.60. The fourth-order valence-corrected chi connectivity index (χ4v) is 1.78. The summed E-state index contributed by atoms with van der Waals surface area (Å²) in [5.74, 6) is 1.02. The van der Waals surface area contributed by atoms with Crippen LogP contribution in [-0.4, -0.2) is 12.1 Å². The van der Waals surface area contributed by atoms with Crippen molar-refractivity contribution < 1.29 is 0 Å². The van der Waals surface area contributed by atoms with Crippen LogP contribution in [-0.2, 0) is 0 Å². The first-order chi connectivity index (χ1) is 4.87. The molecular formula is C9H15N. The standard InChI is InChI=1S/C9H15N/c1-2-7-10-9(5-6-9)8-3-4-8/h2,8,10H,1,3-7H2. The zero-order chi connectivity index (χ0) is 7.03. The second-order valence-electron chi connectivity index (χ2n) is 3.60. The summed E-state index contributed by atoms with van der Waals surface area (Å²) in [7, 11) is 0. The first-order valence-electron chi connectivity index (χ1n) is 4.23. The first kappa shape index (κ1) is 6.41. The average molecular weight is 137 g/mol. The Hall–Kier alpha value is -0.300. The molecule has 0 aliphatic heterocycles. The van der Waals surface area contributed by atoms with Gasteiger partial charge in [0.2, 0.25) is 0 Å². The Kier molecular flexibility index (Phi) is 1.34. The van der Waals surface area contributed by atoms with Crippen LogP contribution in [0.5, 0.6) is 0 Å². The molecule has 2 aliphatic carbocycles. The normalized spacial score (nSPS) is 28.0. The summed E-state index contributed by atoms with van der Waals surface area (Å²) >= 11 is 0. The van der Waals surface area contributed by atoms with Gasteiger partial charge in [-0.05, 0) is 31.6 Å². The van der Waals surface area contributed by atoms with E-state index < -0.39 is 0 Å². The minimum Gasteiger partial charge on any atom is -0.308 e. The van der Waals surface area contributed by atoms with Gasteiger partial charge < -0.3 is 5.32 Å². The van der Waals surface area contributed by atoms with E-state index in [0.29, 0.717) is 5.54 Å². The minimum atomic E-state index is 0.591. The Balaban J connectivity index is 1.82. The lowest BCUT2D eigenvalue weighted by Gasteiger charge is -2.14. The molecule has 0 atom stereocenters. The van der Waals surface area contributed by atoms with Crippen molar-refractivity contribution in [2.45, 2.75) is 31.2 Å². The van der Waals surface area contributed by atoms with E-state index in [0.717, 1.165) is 12.5 Å². The quantitative estimate of drug-likeness (QED) is 0.581. The predicted molar refractivity (Wildman–Crippen MR) is 42.9 cm³/mol. The van der Waals surface area contributed by atoms with Gasteiger partial charge in [-0.15, -0.1) is 6.58 Å². The highest BCUT2D eigenvalue weighted by molar-refractivity contribution is 5.11. The van der Waals surface area contributed by atoms with Crippen LogP contribution in [0.3, 0.4) is 0 Å². The largest absolute Gasteiger partial charge is 0.308 e. The Labute approximate surface area is 62.5 Å². The van der Waals surface area contributed by atoms with Crippen LogP contribution in [0, 0.1) is 5.92 Å². The van der Waals surface area contributed by atoms with Gasteiger partial charge in [-0.25, -0.2) is 0 Å². The van der Waals surface area contributed by atoms with Crippen molar-refractivity contribution >= 4 is 0 Å². The van der Waals surface area contributed by atoms with Crippen LogP contribution < -0.4 is 5.32 Å². The molecule has 1 nitrogen and oxygen atoms in total. The van der Waals surface area contributed by atoms with E-state index in [1.54, 1.807) is 0 Å². The number of rotatable bonds is 4. The molecule has 0 aromatic rings. The third kappa shape index (κ3) is 0.988. The highest BCUT2D eigenvalue weighted by Gasteiger charge is 2.52. The molecule has 2 saturated carbocycles. The molecule has 0 aromatic heterocycles. The van der Waals surface area contributed by atoms with Gasteiger partial charge in [-0.3, -0.25) is 0 Å². The molecule has 0 spiro atoms. The van der Waals surface area contributed by atoms with Crippen LogP contribution in [0.25, 0.3) is 0 Å². The van der Waals surface area contributed by atoms with Gasteiger partial charge in [0.15, 0.2) is 0 Å². The summed E-state index contributed by atoms with van der Waals surface area (Å²) in [5, 5.41) is 3.56. The monoisotopic (exact) mass is 137 g/mol. The minimum absolute atomic E-state index is 0.591. The third-order valence-electron chi connectivity index (χ3n) is 2.75. The van der Waals surface area contributed by atoms with E-state index in [1.165, 1.54) is 25.7 Å². The summed E-state index contributed by atoms with van der Waals surface area (Å²) in [6.07, 6.45) is 7.70. The van der Waals surface area contributed by atoms with E-state index in [-0.39, 0.29) is 0 Å². The maximum Gasteiger partial charge on any atom is 0.0214 e. The van der Waals surface area contributed by atoms with Gasteiger partial charge in [0.05, 0.1) is 0 Å². The summed E-state index contributed by atoms with van der Waals surface area (Å²) < 4.78 is 0. The number of nitrogens with one attached hydrogen (secondary N) is 1. The lowest BCUT2D eigenvalue weighted by Crippen LogP contribution is -2.33. The highest BCUT2D eigenvalue weighted by Crippen LogP contribution is 2.53. The molecule has 0 unspecified atom stereocenters. The first-order valence-corrected chi connectivity index (χ1v) is 4.23. The number of hydrogen-bond donors (Lipinski definition) is 1. The molecular weight excluding hydrogens is 122 g/mol. The lowest BCUT2D eigenvalue weighted by molar-refractivity contribution is 0.468. The molecule has 0 heterocycles. The van der Waals surface area contributed by atoms with E-state index in [9.17, 15) is 0 Å². The van der Waals surface area contributed by atoms with Crippen LogP contribution in [0.4, 0.5) is 0 Å². The predicted octanol–water partition coefficient (Wildman–Crippen LogP) is 1.70. The van der Waals surface area contributed by atoms with Crippen LogP contribution in [0.1, 0.15) is 25.7 Å². The van der Waals surface area contributed by atoms with E-state index in [4.69, 9.17) is 0 Å². The molecule has 10 heavy (non-hydrogen) atoms. The SMILES string of the molecule is C=CCNC1(C2CC2)CC1. The zero-order valence-corrected chi connectivity index (χ0v) is 6.40. The molecule has 0 amide bonds. The molecule has 1 N–H and O–H groups in total. The summed E-state index contributed by atoms with van der Waals surface area (Å²) in [6.45, 7) is 4.71. The van der Waals surface area contributed by atoms with E-state index in [2.05, 4.69) is 11.9 Å². The maximum absolute atomic E-state index is 3.71. The Bertz CT molecular complexity index is 143. The average Bonchev–Trinajstić information content (AvgIpc) is 2.76. The van der Waals surface area contributed by atoms with Crippen molar-refractivity contribution in [2.24, 2.45) is 5.92 Å². The second kappa shape index (κ2) is 2.09. The van der Waals surface area contributed by atoms with Crippen LogP contribution in [0.15, 0.2) is 12.7 Å². The molecule has 0 radical (unpaired) electrons. The highest BCUT2D eigenvalue weighted by atomic mass is 15.0. The van der Waals surface area contributed by atoms with Gasteiger partial charge >= 0.3 is 0 Å². The molecule has 0 bridgehead atoms. The molecule has 2 fully saturated rings. The Morgan fingerprint density at radius 2 is 2.20 bits per heavy atom. The number of hydrogen-bond acceptors (Lipinski definition) is 1. The maximum atomic E-state index is 3.71. The van der Waals surface area contributed by atoms with Gasteiger partial charge in [0.25, 0.3) is 0 Å². The van der Waals surface area contributed by atoms with Crippen molar-refractivity contribution in [3.05, 3.63) is 12.7 Å². The van der Waals surface area contributed by atoms with Gasteiger partial charge in [0.1, 0.15) is 0 Å².